The van der Waals surface area contributed by atoms with Gasteiger partial charge in [-0.1, -0.05) is 38.3 Å². The van der Waals surface area contributed by atoms with Crippen LogP contribution in [-0.4, -0.2) is 0 Å². The fraction of sp³-hybridized carbons (Fsp3) is 0.480. The summed E-state index contributed by atoms with van der Waals surface area (Å²) in [7, 11) is 0. The van der Waals surface area contributed by atoms with E-state index in [1.54, 1.807) is 30.3 Å². The maximum Gasteiger partial charge on any atom is 0.137 e. The molecule has 0 spiro atoms. The molecule has 0 heterocycles. The largest absolute Gasteiger partial charge is 0.206 e. The molecule has 3 unspecified atom stereocenters. The molecule has 0 aliphatic heterocycles. The minimum Gasteiger partial charge on any atom is -0.206 e. The molecule has 0 saturated heterocycles. The highest BCUT2D eigenvalue weighted by molar-refractivity contribution is 5.68. The number of nitrogens with zero attached hydrogens (tertiary/aromatic N) is 1. The van der Waals surface area contributed by atoms with Crippen LogP contribution in [0.4, 0.5) is 8.78 Å². The van der Waals surface area contributed by atoms with Gasteiger partial charge in [-0.05, 0) is 84.7 Å². The van der Waals surface area contributed by atoms with Gasteiger partial charge in [-0.3, -0.25) is 0 Å². The monoisotopic (exact) mass is 379 g/mol. The van der Waals surface area contributed by atoms with E-state index in [4.69, 9.17) is 5.26 Å². The Kier molecular flexibility index (Phi) is 5.49. The van der Waals surface area contributed by atoms with Gasteiger partial charge in [0.25, 0.3) is 0 Å². The zero-order valence-corrected chi connectivity index (χ0v) is 16.5. The molecule has 2 aliphatic rings. The highest BCUT2D eigenvalue weighted by atomic mass is 19.1. The van der Waals surface area contributed by atoms with Gasteiger partial charge in [0.05, 0.1) is 17.2 Å². The number of nitriles is 1. The molecule has 146 valence electrons. The molecule has 0 bridgehead atoms. The van der Waals surface area contributed by atoms with Crippen LogP contribution >= 0.6 is 0 Å². The summed E-state index contributed by atoms with van der Waals surface area (Å²) in [6.07, 6.45) is 8.99. The first-order valence-electron chi connectivity index (χ1n) is 10.6. The summed E-state index contributed by atoms with van der Waals surface area (Å²) in [5.74, 6) is 0.791. The Morgan fingerprint density at radius 1 is 1.11 bits per heavy atom. The van der Waals surface area contributed by atoms with Gasteiger partial charge in [0.1, 0.15) is 11.6 Å². The predicted octanol–water partition coefficient (Wildman–Crippen LogP) is 7.14. The van der Waals surface area contributed by atoms with Crippen molar-refractivity contribution in [1.82, 2.24) is 0 Å². The quantitative estimate of drug-likeness (QED) is 0.554. The summed E-state index contributed by atoms with van der Waals surface area (Å²) in [5, 5.41) is 8.94. The molecule has 2 aromatic rings. The van der Waals surface area contributed by atoms with Gasteiger partial charge < -0.3 is 0 Å². The van der Waals surface area contributed by atoms with Gasteiger partial charge in [-0.2, -0.15) is 5.26 Å². The van der Waals surface area contributed by atoms with Crippen LogP contribution in [-0.2, 0) is 6.42 Å². The van der Waals surface area contributed by atoms with Crippen LogP contribution in [0.5, 0.6) is 0 Å². The zero-order valence-electron chi connectivity index (χ0n) is 16.5. The van der Waals surface area contributed by atoms with Crippen molar-refractivity contribution in [2.45, 2.75) is 64.2 Å². The lowest BCUT2D eigenvalue weighted by Gasteiger charge is -2.41. The summed E-state index contributed by atoms with van der Waals surface area (Å²) in [4.78, 5) is 0. The van der Waals surface area contributed by atoms with E-state index in [1.165, 1.54) is 32.1 Å². The maximum absolute atomic E-state index is 15.4. The average molecular weight is 379 g/mol. The van der Waals surface area contributed by atoms with E-state index in [9.17, 15) is 0 Å². The van der Waals surface area contributed by atoms with Crippen molar-refractivity contribution in [2.75, 3.05) is 0 Å². The lowest BCUT2D eigenvalue weighted by atomic mass is 9.64. The van der Waals surface area contributed by atoms with Gasteiger partial charge in [-0.15, -0.1) is 0 Å². The minimum atomic E-state index is -0.477. The molecule has 0 aromatic heterocycles. The van der Waals surface area contributed by atoms with E-state index < -0.39 is 11.6 Å². The molecule has 2 aliphatic carbocycles. The van der Waals surface area contributed by atoms with Gasteiger partial charge >= 0.3 is 0 Å². The summed E-state index contributed by atoms with van der Waals surface area (Å²) in [6.45, 7) is 2.24. The summed E-state index contributed by atoms with van der Waals surface area (Å²) in [6, 6.07) is 10.1. The van der Waals surface area contributed by atoms with E-state index in [1.807, 2.05) is 6.07 Å². The summed E-state index contributed by atoms with van der Waals surface area (Å²) < 4.78 is 30.4. The number of benzene rings is 2. The molecule has 4 rings (SSSR count). The third-order valence-corrected chi connectivity index (χ3v) is 6.88. The van der Waals surface area contributed by atoms with Crippen LogP contribution in [0.25, 0.3) is 11.1 Å². The minimum absolute atomic E-state index is 0.0540. The number of hydrogen-bond donors (Lipinski definition) is 0. The maximum atomic E-state index is 15.4. The normalized spacial score (nSPS) is 23.6. The SMILES string of the molecule is CCCCC1CCC2c3cc(F)c(-c4ccc(C#N)cc4)c(F)c3CCC2C1. The first-order valence-corrected chi connectivity index (χ1v) is 10.6. The first-order chi connectivity index (χ1) is 13.6. The standard InChI is InChI=1S/C25H27F2N/c1-2-3-4-16-7-11-20-19(13-16)10-12-21-22(20)14-23(26)24(25(21)27)18-8-5-17(15-28)6-9-18/h5-6,8-9,14,16,19-20H,2-4,7,10-13H2,1H3. The Bertz CT molecular complexity index is 894. The molecule has 2 aromatic carbocycles. The molecular weight excluding hydrogens is 352 g/mol. The Morgan fingerprint density at radius 2 is 1.89 bits per heavy atom. The Hall–Kier alpha value is -2.21. The van der Waals surface area contributed by atoms with Crippen molar-refractivity contribution < 1.29 is 8.78 Å². The van der Waals surface area contributed by atoms with E-state index >= 15 is 8.78 Å². The van der Waals surface area contributed by atoms with Crippen molar-refractivity contribution in [3.63, 3.8) is 0 Å². The molecule has 3 heteroatoms. The number of rotatable bonds is 4. The van der Waals surface area contributed by atoms with Gasteiger partial charge in [0, 0.05) is 0 Å². The highest BCUT2D eigenvalue weighted by Gasteiger charge is 2.37. The van der Waals surface area contributed by atoms with Crippen LogP contribution in [0.3, 0.4) is 0 Å². The van der Waals surface area contributed by atoms with Crippen LogP contribution < -0.4 is 0 Å². The molecule has 0 N–H and O–H groups in total. The lowest BCUT2D eigenvalue weighted by molar-refractivity contribution is 0.198. The van der Waals surface area contributed by atoms with Crippen LogP contribution in [0.2, 0.25) is 0 Å². The average Bonchev–Trinajstić information content (AvgIpc) is 2.72. The van der Waals surface area contributed by atoms with Crippen LogP contribution in [0, 0.1) is 34.8 Å². The topological polar surface area (TPSA) is 23.8 Å². The van der Waals surface area contributed by atoms with E-state index in [2.05, 4.69) is 6.92 Å². The van der Waals surface area contributed by atoms with E-state index in [0.717, 1.165) is 24.3 Å². The van der Waals surface area contributed by atoms with Crippen molar-refractivity contribution in [1.29, 1.82) is 5.26 Å². The first kappa shape index (κ1) is 19.1. The second kappa shape index (κ2) is 8.03. The highest BCUT2D eigenvalue weighted by Crippen LogP contribution is 2.49. The zero-order chi connectivity index (χ0) is 19.7. The Balaban J connectivity index is 1.64. The third-order valence-electron chi connectivity index (χ3n) is 6.88. The molecule has 1 saturated carbocycles. The molecule has 28 heavy (non-hydrogen) atoms. The molecule has 0 radical (unpaired) electrons. The molecule has 1 nitrogen and oxygen atoms in total. The summed E-state index contributed by atoms with van der Waals surface area (Å²) in [5.41, 5.74) is 2.68. The number of halogens is 2. The Morgan fingerprint density at radius 3 is 2.61 bits per heavy atom. The van der Waals surface area contributed by atoms with Gasteiger partial charge in [0.2, 0.25) is 0 Å². The molecule has 1 fully saturated rings. The third kappa shape index (κ3) is 3.46. The smallest absolute Gasteiger partial charge is 0.137 e. The summed E-state index contributed by atoms with van der Waals surface area (Å²) >= 11 is 0. The molecule has 0 amide bonds. The van der Waals surface area contributed by atoms with E-state index in [-0.39, 0.29) is 5.56 Å². The molecular formula is C25H27F2N. The number of unbranched alkanes of at least 4 members (excludes halogenated alkanes) is 1. The van der Waals surface area contributed by atoms with Crippen molar-refractivity contribution in [3.8, 4) is 17.2 Å². The second-order valence-electron chi connectivity index (χ2n) is 8.53. The Labute approximate surface area is 166 Å². The van der Waals surface area contributed by atoms with Gasteiger partial charge in [-0.25, -0.2) is 8.78 Å². The van der Waals surface area contributed by atoms with Crippen LogP contribution in [0.15, 0.2) is 30.3 Å². The van der Waals surface area contributed by atoms with Crippen molar-refractivity contribution >= 4 is 0 Å². The molecule has 3 atom stereocenters. The van der Waals surface area contributed by atoms with Crippen molar-refractivity contribution in [2.24, 2.45) is 11.8 Å². The van der Waals surface area contributed by atoms with Gasteiger partial charge in [0.15, 0.2) is 0 Å². The lowest BCUT2D eigenvalue weighted by Crippen LogP contribution is -2.29. The second-order valence-corrected chi connectivity index (χ2v) is 8.53. The number of fused-ring (bicyclic) bond motifs is 3. The van der Waals surface area contributed by atoms with E-state index in [0.29, 0.717) is 34.9 Å². The predicted molar refractivity (Wildman–Crippen MR) is 108 cm³/mol. The van der Waals surface area contributed by atoms with Crippen LogP contribution in [0.1, 0.15) is 74.5 Å². The fourth-order valence-corrected chi connectivity index (χ4v) is 5.41. The number of hydrogen-bond acceptors (Lipinski definition) is 1. The fourth-order valence-electron chi connectivity index (χ4n) is 5.41. The van der Waals surface area contributed by atoms with Crippen molar-refractivity contribution in [3.05, 3.63) is 58.7 Å².